The van der Waals surface area contributed by atoms with Crippen LogP contribution in [-0.2, 0) is 10.8 Å². The predicted octanol–water partition coefficient (Wildman–Crippen LogP) is 5.98. The highest BCUT2D eigenvalue weighted by atomic mass is 15.1. The van der Waals surface area contributed by atoms with Crippen LogP contribution in [0.5, 0.6) is 0 Å². The monoisotopic (exact) mass is 334 g/mol. The van der Waals surface area contributed by atoms with Crippen LogP contribution in [0.2, 0.25) is 0 Å². The Bertz CT molecular complexity index is 723. The molecule has 1 atom stereocenters. The molecule has 0 amide bonds. The van der Waals surface area contributed by atoms with Crippen LogP contribution in [0.1, 0.15) is 64.3 Å². The standard InChI is InChI=1S/C23H30N2/c1-22(2,3)18-13-17(14-19(15-18)23(4,5)6)21(16-24)25(7)20-11-9-8-10-12-20/h8-15,21H,1-7H3. The lowest BCUT2D eigenvalue weighted by molar-refractivity contribution is 0.565. The van der Waals surface area contributed by atoms with Crippen LogP contribution in [0.4, 0.5) is 5.69 Å². The topological polar surface area (TPSA) is 27.0 Å². The summed E-state index contributed by atoms with van der Waals surface area (Å²) in [7, 11) is 1.99. The Labute approximate surface area is 153 Å². The van der Waals surface area contributed by atoms with Gasteiger partial charge in [0.2, 0.25) is 0 Å². The highest BCUT2D eigenvalue weighted by molar-refractivity contribution is 5.51. The van der Waals surface area contributed by atoms with Gasteiger partial charge in [0.15, 0.2) is 0 Å². The highest BCUT2D eigenvalue weighted by Gasteiger charge is 2.24. The lowest BCUT2D eigenvalue weighted by atomic mass is 9.79. The van der Waals surface area contributed by atoms with Crippen LogP contribution in [0.15, 0.2) is 48.5 Å². The number of nitriles is 1. The van der Waals surface area contributed by atoms with Crippen molar-refractivity contribution >= 4 is 5.69 Å². The number of benzene rings is 2. The molecular weight excluding hydrogens is 304 g/mol. The van der Waals surface area contributed by atoms with E-state index in [0.717, 1.165) is 11.3 Å². The Kier molecular flexibility index (Phi) is 5.28. The fourth-order valence-corrected chi connectivity index (χ4v) is 2.87. The highest BCUT2D eigenvalue weighted by Crippen LogP contribution is 2.34. The molecule has 0 aromatic heterocycles. The van der Waals surface area contributed by atoms with Gasteiger partial charge in [-0.25, -0.2) is 0 Å². The number of rotatable bonds is 3. The molecule has 1 unspecified atom stereocenters. The van der Waals surface area contributed by atoms with E-state index in [1.165, 1.54) is 11.1 Å². The molecule has 2 rings (SSSR count). The van der Waals surface area contributed by atoms with Crippen molar-refractivity contribution in [3.8, 4) is 6.07 Å². The summed E-state index contributed by atoms with van der Waals surface area (Å²) in [5.41, 5.74) is 4.75. The molecule has 2 aromatic rings. The Morgan fingerprint density at radius 2 is 1.32 bits per heavy atom. The number of anilines is 1. The first kappa shape index (κ1) is 19.1. The van der Waals surface area contributed by atoms with E-state index in [0.29, 0.717) is 0 Å². The van der Waals surface area contributed by atoms with Gasteiger partial charge >= 0.3 is 0 Å². The summed E-state index contributed by atoms with van der Waals surface area (Å²) in [6.07, 6.45) is 0. The van der Waals surface area contributed by atoms with Crippen LogP contribution in [-0.4, -0.2) is 7.05 Å². The third-order valence-corrected chi connectivity index (χ3v) is 4.68. The minimum atomic E-state index is -0.314. The van der Waals surface area contributed by atoms with Gasteiger partial charge in [0.25, 0.3) is 0 Å². The van der Waals surface area contributed by atoms with Crippen molar-refractivity contribution in [1.82, 2.24) is 0 Å². The molecule has 0 aliphatic carbocycles. The number of hydrogen-bond acceptors (Lipinski definition) is 2. The van der Waals surface area contributed by atoms with Crippen molar-refractivity contribution in [2.24, 2.45) is 0 Å². The van der Waals surface area contributed by atoms with E-state index in [4.69, 9.17) is 0 Å². The van der Waals surface area contributed by atoms with E-state index >= 15 is 0 Å². The average Bonchev–Trinajstić information content (AvgIpc) is 2.54. The molecule has 2 nitrogen and oxygen atoms in total. The van der Waals surface area contributed by atoms with Gasteiger partial charge in [-0.3, -0.25) is 0 Å². The second-order valence-electron chi connectivity index (χ2n) is 8.82. The van der Waals surface area contributed by atoms with Crippen molar-refractivity contribution in [3.63, 3.8) is 0 Å². The second-order valence-corrected chi connectivity index (χ2v) is 8.82. The summed E-state index contributed by atoms with van der Waals surface area (Å²) in [4.78, 5) is 2.05. The van der Waals surface area contributed by atoms with Crippen molar-refractivity contribution < 1.29 is 0 Å². The van der Waals surface area contributed by atoms with Crippen LogP contribution >= 0.6 is 0 Å². The molecule has 0 N–H and O–H groups in total. The molecule has 0 spiro atoms. The number of nitrogens with zero attached hydrogens (tertiary/aromatic N) is 2. The molecule has 2 heteroatoms. The quantitative estimate of drug-likeness (QED) is 0.690. The average molecular weight is 335 g/mol. The Hall–Kier alpha value is -2.27. The first-order chi connectivity index (χ1) is 11.5. The molecule has 0 radical (unpaired) electrons. The fourth-order valence-electron chi connectivity index (χ4n) is 2.87. The van der Waals surface area contributed by atoms with Crippen molar-refractivity contribution in [1.29, 1.82) is 5.26 Å². The molecule has 132 valence electrons. The third kappa shape index (κ3) is 4.42. The van der Waals surface area contributed by atoms with Crippen LogP contribution in [0, 0.1) is 11.3 Å². The molecule has 0 aliphatic heterocycles. The van der Waals surface area contributed by atoms with Crippen molar-refractivity contribution in [2.45, 2.75) is 58.4 Å². The van der Waals surface area contributed by atoms with Gasteiger partial charge in [-0.05, 0) is 39.7 Å². The van der Waals surface area contributed by atoms with E-state index in [1.807, 2.05) is 42.3 Å². The van der Waals surface area contributed by atoms with Crippen molar-refractivity contribution in [3.05, 3.63) is 65.2 Å². The zero-order valence-corrected chi connectivity index (χ0v) is 16.6. The Balaban J connectivity index is 2.57. The summed E-state index contributed by atoms with van der Waals surface area (Å²) >= 11 is 0. The van der Waals surface area contributed by atoms with Gasteiger partial charge in [-0.2, -0.15) is 5.26 Å². The lowest BCUT2D eigenvalue weighted by Gasteiger charge is -2.30. The third-order valence-electron chi connectivity index (χ3n) is 4.68. The largest absolute Gasteiger partial charge is 0.355 e. The fraction of sp³-hybridized carbons (Fsp3) is 0.435. The molecule has 0 bridgehead atoms. The molecule has 0 aliphatic rings. The van der Waals surface area contributed by atoms with E-state index in [9.17, 15) is 5.26 Å². The first-order valence-corrected chi connectivity index (χ1v) is 8.87. The summed E-state index contributed by atoms with van der Waals surface area (Å²) in [5.74, 6) is 0. The molecule has 0 saturated carbocycles. The SMILES string of the molecule is CN(c1ccccc1)C(C#N)c1cc(C(C)(C)C)cc(C(C)(C)C)c1. The lowest BCUT2D eigenvalue weighted by Crippen LogP contribution is -2.25. The zero-order chi connectivity index (χ0) is 18.8. The van der Waals surface area contributed by atoms with Gasteiger partial charge in [-0.1, -0.05) is 77.9 Å². The Morgan fingerprint density at radius 3 is 1.72 bits per heavy atom. The minimum Gasteiger partial charge on any atom is -0.355 e. The zero-order valence-electron chi connectivity index (χ0n) is 16.6. The van der Waals surface area contributed by atoms with E-state index < -0.39 is 0 Å². The van der Waals surface area contributed by atoms with Gasteiger partial charge < -0.3 is 4.90 Å². The maximum atomic E-state index is 9.91. The minimum absolute atomic E-state index is 0.0430. The van der Waals surface area contributed by atoms with Crippen LogP contribution < -0.4 is 4.90 Å². The smallest absolute Gasteiger partial charge is 0.142 e. The number of para-hydroxylation sites is 1. The van der Waals surface area contributed by atoms with Gasteiger partial charge in [0, 0.05) is 12.7 Å². The van der Waals surface area contributed by atoms with Crippen LogP contribution in [0.3, 0.4) is 0 Å². The molecule has 25 heavy (non-hydrogen) atoms. The molecular formula is C23H30N2. The molecule has 0 saturated heterocycles. The van der Waals surface area contributed by atoms with Gasteiger partial charge in [0.05, 0.1) is 6.07 Å². The Morgan fingerprint density at radius 1 is 0.840 bits per heavy atom. The van der Waals surface area contributed by atoms with Crippen LogP contribution in [0.25, 0.3) is 0 Å². The van der Waals surface area contributed by atoms with E-state index in [-0.39, 0.29) is 16.9 Å². The second kappa shape index (κ2) is 6.92. The van der Waals surface area contributed by atoms with E-state index in [2.05, 4.69) is 65.8 Å². The summed E-state index contributed by atoms with van der Waals surface area (Å²) in [6.45, 7) is 13.3. The summed E-state index contributed by atoms with van der Waals surface area (Å²) in [5, 5.41) is 9.91. The molecule has 0 fully saturated rings. The van der Waals surface area contributed by atoms with E-state index in [1.54, 1.807) is 0 Å². The van der Waals surface area contributed by atoms with Gasteiger partial charge in [0.1, 0.15) is 6.04 Å². The maximum absolute atomic E-state index is 9.91. The normalized spacial score (nSPS) is 13.2. The molecule has 0 heterocycles. The summed E-state index contributed by atoms with van der Waals surface area (Å²) in [6, 6.07) is 19.0. The summed E-state index contributed by atoms with van der Waals surface area (Å²) < 4.78 is 0. The van der Waals surface area contributed by atoms with Crippen molar-refractivity contribution in [2.75, 3.05) is 11.9 Å². The first-order valence-electron chi connectivity index (χ1n) is 8.87. The maximum Gasteiger partial charge on any atom is 0.142 e. The number of hydrogen-bond donors (Lipinski definition) is 0. The van der Waals surface area contributed by atoms with Gasteiger partial charge in [-0.15, -0.1) is 0 Å². The predicted molar refractivity (Wildman–Crippen MR) is 107 cm³/mol. The molecule has 2 aromatic carbocycles.